The number of carboxylic acids is 1. The van der Waals surface area contributed by atoms with Gasteiger partial charge in [-0.3, -0.25) is 19.7 Å². The van der Waals surface area contributed by atoms with Gasteiger partial charge < -0.3 is 14.6 Å². The summed E-state index contributed by atoms with van der Waals surface area (Å²) in [7, 11) is 0. The van der Waals surface area contributed by atoms with Crippen LogP contribution in [0, 0.1) is 16.0 Å². The number of hydrogen-bond acceptors (Lipinski definition) is 5. The van der Waals surface area contributed by atoms with Crippen molar-refractivity contribution in [2.45, 2.75) is 25.9 Å². The normalized spacial score (nSPS) is 17.5. The van der Waals surface area contributed by atoms with E-state index in [1.807, 2.05) is 30.3 Å². The van der Waals surface area contributed by atoms with Crippen molar-refractivity contribution in [1.82, 2.24) is 9.47 Å². The molecule has 2 atom stereocenters. The van der Waals surface area contributed by atoms with Crippen LogP contribution >= 0.6 is 0 Å². The van der Waals surface area contributed by atoms with E-state index in [-0.39, 0.29) is 30.0 Å². The number of carboxylic acid groups (broad SMARTS) is 1. The van der Waals surface area contributed by atoms with Gasteiger partial charge in [-0.1, -0.05) is 42.5 Å². The van der Waals surface area contributed by atoms with Crippen molar-refractivity contribution in [3.8, 4) is 11.1 Å². The zero-order valence-corrected chi connectivity index (χ0v) is 19.5. The summed E-state index contributed by atoms with van der Waals surface area (Å²) in [4.78, 5) is 54.0. The second kappa shape index (κ2) is 10.3. The van der Waals surface area contributed by atoms with E-state index in [1.165, 1.54) is 30.0 Å². The minimum atomic E-state index is -1.18. The molecule has 36 heavy (non-hydrogen) atoms. The monoisotopic (exact) mass is 488 g/mol. The minimum Gasteiger partial charge on any atom is -0.481 e. The smallest absolute Gasteiger partial charge is 0.344 e. The van der Waals surface area contributed by atoms with Crippen molar-refractivity contribution in [2.75, 3.05) is 6.54 Å². The molecule has 2 heterocycles. The fourth-order valence-electron chi connectivity index (χ4n) is 4.52. The number of carbonyl (C=O) groups excluding carboxylic acids is 1. The third kappa shape index (κ3) is 4.92. The molecule has 1 aliphatic heterocycles. The summed E-state index contributed by atoms with van der Waals surface area (Å²) in [5.41, 5.74) is 1.43. The first kappa shape index (κ1) is 24.5. The van der Waals surface area contributed by atoms with Crippen LogP contribution in [-0.2, 0) is 11.3 Å². The molecule has 10 heteroatoms. The predicted octanol–water partition coefficient (Wildman–Crippen LogP) is 4.15. The number of amides is 2. The Bertz CT molecular complexity index is 1400. The lowest BCUT2D eigenvalue weighted by Crippen LogP contribution is -2.47. The number of nitro groups is 1. The van der Waals surface area contributed by atoms with Crippen LogP contribution in [0.5, 0.6) is 0 Å². The number of aromatic nitrogens is 1. The SMILES string of the molecule is CC1=NC(=O)N(CCCn2cccc(-c3ccccc3)c2=O)C(c2cccc([N+](=O)[O-])c2)C1C(=O)O. The summed E-state index contributed by atoms with van der Waals surface area (Å²) < 4.78 is 1.54. The molecule has 3 aromatic rings. The Kier molecular flexibility index (Phi) is 7.05. The molecule has 2 unspecified atom stereocenters. The van der Waals surface area contributed by atoms with Gasteiger partial charge in [0.2, 0.25) is 0 Å². The number of benzene rings is 2. The van der Waals surface area contributed by atoms with Crippen LogP contribution < -0.4 is 5.56 Å². The second-order valence-corrected chi connectivity index (χ2v) is 8.48. The van der Waals surface area contributed by atoms with Crippen molar-refractivity contribution in [2.24, 2.45) is 10.9 Å². The van der Waals surface area contributed by atoms with Gasteiger partial charge in [0.25, 0.3) is 11.2 Å². The maximum Gasteiger partial charge on any atom is 0.344 e. The van der Waals surface area contributed by atoms with E-state index in [0.717, 1.165) is 5.56 Å². The predicted molar refractivity (Wildman–Crippen MR) is 133 cm³/mol. The Morgan fingerprint density at radius 2 is 1.81 bits per heavy atom. The number of rotatable bonds is 8. The number of pyridine rings is 1. The molecule has 184 valence electrons. The molecule has 0 spiro atoms. The topological polar surface area (TPSA) is 135 Å². The molecule has 0 aliphatic carbocycles. The molecule has 0 saturated carbocycles. The lowest BCUT2D eigenvalue weighted by Gasteiger charge is -2.37. The van der Waals surface area contributed by atoms with Crippen LogP contribution in [0.4, 0.5) is 10.5 Å². The second-order valence-electron chi connectivity index (χ2n) is 8.48. The number of nitrogens with zero attached hydrogens (tertiary/aromatic N) is 4. The maximum atomic E-state index is 13.0. The molecule has 1 aromatic heterocycles. The van der Waals surface area contributed by atoms with Crippen molar-refractivity contribution in [3.63, 3.8) is 0 Å². The molecule has 1 aliphatic rings. The average Bonchev–Trinajstić information content (AvgIpc) is 2.86. The lowest BCUT2D eigenvalue weighted by molar-refractivity contribution is -0.385. The highest BCUT2D eigenvalue weighted by Crippen LogP contribution is 2.35. The molecule has 1 N–H and O–H groups in total. The molecular weight excluding hydrogens is 464 g/mol. The van der Waals surface area contributed by atoms with Gasteiger partial charge >= 0.3 is 12.0 Å². The van der Waals surface area contributed by atoms with E-state index in [0.29, 0.717) is 17.5 Å². The zero-order chi connectivity index (χ0) is 25.8. The first-order chi connectivity index (χ1) is 17.3. The van der Waals surface area contributed by atoms with Crippen molar-refractivity contribution < 1.29 is 19.6 Å². The Hall–Kier alpha value is -4.60. The van der Waals surface area contributed by atoms with E-state index in [1.54, 1.807) is 29.0 Å². The molecule has 2 amide bonds. The van der Waals surface area contributed by atoms with Crippen molar-refractivity contribution in [1.29, 1.82) is 0 Å². The molecule has 2 aromatic carbocycles. The van der Waals surface area contributed by atoms with Gasteiger partial charge in [-0.2, -0.15) is 0 Å². The van der Waals surface area contributed by atoms with Gasteiger partial charge in [-0.15, -0.1) is 0 Å². The van der Waals surface area contributed by atoms with Crippen LogP contribution in [0.25, 0.3) is 11.1 Å². The van der Waals surface area contributed by atoms with Gasteiger partial charge in [0.1, 0.15) is 5.92 Å². The highest BCUT2D eigenvalue weighted by atomic mass is 16.6. The Balaban J connectivity index is 1.61. The van der Waals surface area contributed by atoms with Crippen LogP contribution in [0.15, 0.2) is 82.7 Å². The van der Waals surface area contributed by atoms with Crippen LogP contribution in [0.3, 0.4) is 0 Å². The summed E-state index contributed by atoms with van der Waals surface area (Å²) in [6.07, 6.45) is 2.00. The summed E-state index contributed by atoms with van der Waals surface area (Å²) in [5, 5.41) is 21.2. The Labute approximate surface area is 206 Å². The van der Waals surface area contributed by atoms with Gasteiger partial charge in [0.15, 0.2) is 0 Å². The fraction of sp³-hybridized carbons (Fsp3) is 0.231. The number of carbonyl (C=O) groups is 2. The van der Waals surface area contributed by atoms with E-state index in [9.17, 15) is 29.6 Å². The average molecular weight is 489 g/mol. The number of aryl methyl sites for hydroxylation is 1. The van der Waals surface area contributed by atoms with E-state index in [2.05, 4.69) is 4.99 Å². The number of nitro benzene ring substituents is 1. The number of hydrogen-bond donors (Lipinski definition) is 1. The summed E-state index contributed by atoms with van der Waals surface area (Å²) in [6, 6.07) is 16.8. The highest BCUT2D eigenvalue weighted by molar-refractivity contribution is 6.07. The fourth-order valence-corrected chi connectivity index (χ4v) is 4.52. The molecule has 0 radical (unpaired) electrons. The summed E-state index contributed by atoms with van der Waals surface area (Å²) in [5.74, 6) is -2.34. The first-order valence-corrected chi connectivity index (χ1v) is 11.4. The van der Waals surface area contributed by atoms with Crippen molar-refractivity contribution in [3.05, 3.63) is 99.0 Å². The third-order valence-electron chi connectivity index (χ3n) is 6.21. The summed E-state index contributed by atoms with van der Waals surface area (Å²) in [6.45, 7) is 1.85. The molecule has 0 fully saturated rings. The van der Waals surface area contributed by atoms with Gasteiger partial charge in [-0.05, 0) is 36.6 Å². The van der Waals surface area contributed by atoms with E-state index < -0.39 is 28.9 Å². The third-order valence-corrected chi connectivity index (χ3v) is 6.21. The Morgan fingerprint density at radius 3 is 2.50 bits per heavy atom. The zero-order valence-electron chi connectivity index (χ0n) is 19.5. The lowest BCUT2D eigenvalue weighted by atomic mass is 9.86. The van der Waals surface area contributed by atoms with Gasteiger partial charge in [0, 0.05) is 42.7 Å². The number of aliphatic imine (C=N–C) groups is 1. The minimum absolute atomic E-state index is 0.106. The highest BCUT2D eigenvalue weighted by Gasteiger charge is 2.42. The Morgan fingerprint density at radius 1 is 1.06 bits per heavy atom. The van der Waals surface area contributed by atoms with Crippen LogP contribution in [0.1, 0.15) is 24.9 Å². The number of aliphatic carboxylic acids is 1. The van der Waals surface area contributed by atoms with Crippen molar-refractivity contribution >= 4 is 23.4 Å². The molecular formula is C26H24N4O6. The molecule has 4 rings (SSSR count). The maximum absolute atomic E-state index is 13.0. The van der Waals surface area contributed by atoms with Gasteiger partial charge in [0.05, 0.1) is 11.0 Å². The molecule has 0 bridgehead atoms. The van der Waals surface area contributed by atoms with Crippen LogP contribution in [0.2, 0.25) is 0 Å². The first-order valence-electron chi connectivity index (χ1n) is 11.4. The molecule has 0 saturated heterocycles. The number of urea groups is 1. The molecule has 10 nitrogen and oxygen atoms in total. The number of non-ortho nitro benzene ring substituents is 1. The van der Waals surface area contributed by atoms with Crippen LogP contribution in [-0.4, -0.2) is 43.8 Å². The van der Waals surface area contributed by atoms with E-state index in [4.69, 9.17) is 0 Å². The quantitative estimate of drug-likeness (QED) is 0.374. The summed E-state index contributed by atoms with van der Waals surface area (Å²) >= 11 is 0. The van der Waals surface area contributed by atoms with E-state index >= 15 is 0 Å². The van der Waals surface area contributed by atoms with Gasteiger partial charge in [-0.25, -0.2) is 9.79 Å². The standard InChI is InChI=1S/C26H24N4O6/c1-17-22(25(32)33)23(19-10-5-11-20(16-19)30(35)36)29(26(34)27-17)15-7-14-28-13-6-12-21(24(28)31)18-8-3-2-4-9-18/h2-6,8-13,16,22-23H,7,14-15H2,1H3,(H,32,33). The largest absolute Gasteiger partial charge is 0.481 e.